The van der Waals surface area contributed by atoms with Crippen LogP contribution in [0.4, 0.5) is 0 Å². The van der Waals surface area contributed by atoms with Crippen molar-refractivity contribution < 1.29 is 5.11 Å². The van der Waals surface area contributed by atoms with Gasteiger partial charge < -0.3 is 10.4 Å². The van der Waals surface area contributed by atoms with Crippen molar-refractivity contribution in [1.29, 1.82) is 0 Å². The average molecular weight is 278 g/mol. The number of nitrogens with zero attached hydrogens (tertiary/aromatic N) is 2. The van der Waals surface area contributed by atoms with Crippen molar-refractivity contribution in [1.82, 2.24) is 15.1 Å². The Bertz CT molecular complexity index is 379. The van der Waals surface area contributed by atoms with E-state index in [0.29, 0.717) is 24.0 Å². The van der Waals surface area contributed by atoms with Crippen molar-refractivity contribution >= 4 is 23.4 Å². The number of nitrogens with one attached hydrogen (secondary N) is 1. The minimum atomic E-state index is -0.692. The van der Waals surface area contributed by atoms with Gasteiger partial charge in [-0.2, -0.15) is 16.9 Å². The fourth-order valence-electron chi connectivity index (χ4n) is 1.69. The van der Waals surface area contributed by atoms with Crippen molar-refractivity contribution in [3.63, 3.8) is 0 Å². The molecule has 1 aromatic heterocycles. The highest BCUT2D eigenvalue weighted by Crippen LogP contribution is 2.18. The number of hydrogen-bond donors (Lipinski definition) is 2. The molecule has 1 atom stereocenters. The zero-order valence-electron chi connectivity index (χ0n) is 10.7. The molecule has 1 rings (SSSR count). The lowest BCUT2D eigenvalue weighted by Gasteiger charge is -2.22. The molecular weight excluding hydrogens is 258 g/mol. The van der Waals surface area contributed by atoms with Gasteiger partial charge in [-0.25, -0.2) is 0 Å². The number of rotatable bonds is 6. The van der Waals surface area contributed by atoms with Crippen molar-refractivity contribution in [2.24, 2.45) is 7.05 Å². The molecular formula is C11H20ClN3OS. The van der Waals surface area contributed by atoms with Crippen LogP contribution < -0.4 is 5.32 Å². The van der Waals surface area contributed by atoms with Crippen molar-refractivity contribution in [2.75, 3.05) is 18.6 Å². The number of hydrogen-bond acceptors (Lipinski definition) is 4. The smallest absolute Gasteiger partial charge is 0.131 e. The largest absolute Gasteiger partial charge is 0.388 e. The second kappa shape index (κ2) is 6.09. The molecule has 0 radical (unpaired) electrons. The van der Waals surface area contributed by atoms with Gasteiger partial charge >= 0.3 is 0 Å². The van der Waals surface area contributed by atoms with Crippen LogP contribution in [0.3, 0.4) is 0 Å². The zero-order chi connectivity index (χ0) is 13.1. The van der Waals surface area contributed by atoms with Gasteiger partial charge in [0.25, 0.3) is 0 Å². The lowest BCUT2D eigenvalue weighted by Crippen LogP contribution is -2.39. The molecule has 98 valence electrons. The minimum absolute atomic E-state index is 0.540. The van der Waals surface area contributed by atoms with E-state index in [-0.39, 0.29) is 0 Å². The van der Waals surface area contributed by atoms with Gasteiger partial charge in [-0.3, -0.25) is 4.68 Å². The first-order valence-electron chi connectivity index (χ1n) is 5.47. The third kappa shape index (κ3) is 4.17. The van der Waals surface area contributed by atoms with Gasteiger partial charge in [-0.1, -0.05) is 11.6 Å². The van der Waals surface area contributed by atoms with Crippen LogP contribution in [0.1, 0.15) is 18.2 Å². The van der Waals surface area contributed by atoms with Crippen LogP contribution in [0.5, 0.6) is 0 Å². The molecule has 2 N–H and O–H groups in total. The maximum absolute atomic E-state index is 10.00. The molecule has 6 heteroatoms. The molecule has 1 unspecified atom stereocenters. The molecule has 0 spiro atoms. The maximum atomic E-state index is 10.00. The third-order valence-electron chi connectivity index (χ3n) is 2.53. The number of aryl methyl sites for hydroxylation is 2. The van der Waals surface area contributed by atoms with Crippen LogP contribution in [-0.4, -0.2) is 39.0 Å². The predicted molar refractivity (Wildman–Crippen MR) is 73.7 cm³/mol. The van der Waals surface area contributed by atoms with E-state index >= 15 is 0 Å². The molecule has 1 heterocycles. The Kier molecular flexibility index (Phi) is 5.31. The van der Waals surface area contributed by atoms with Gasteiger partial charge in [0.1, 0.15) is 5.15 Å². The van der Waals surface area contributed by atoms with E-state index in [1.807, 2.05) is 27.2 Å². The molecule has 0 saturated heterocycles. The first-order chi connectivity index (χ1) is 7.87. The van der Waals surface area contributed by atoms with Crippen molar-refractivity contribution in [3.05, 3.63) is 16.4 Å². The Balaban J connectivity index is 2.51. The lowest BCUT2D eigenvalue weighted by molar-refractivity contribution is 0.0846. The maximum Gasteiger partial charge on any atom is 0.131 e. The molecule has 1 aromatic rings. The summed E-state index contributed by atoms with van der Waals surface area (Å²) in [6.07, 6.45) is 1.98. The SMILES string of the molecule is CSCC(C)(O)CNCc1c(C)nn(C)c1Cl. The molecule has 0 fully saturated rings. The Labute approximate surface area is 112 Å². The fraction of sp³-hybridized carbons (Fsp3) is 0.727. The summed E-state index contributed by atoms with van der Waals surface area (Å²) in [6.45, 7) is 4.93. The van der Waals surface area contributed by atoms with Crippen LogP contribution in [0.2, 0.25) is 5.15 Å². The summed E-state index contributed by atoms with van der Waals surface area (Å²) in [7, 11) is 1.82. The van der Waals surface area contributed by atoms with E-state index in [1.54, 1.807) is 16.4 Å². The van der Waals surface area contributed by atoms with Gasteiger partial charge in [0.15, 0.2) is 0 Å². The monoisotopic (exact) mass is 277 g/mol. The van der Waals surface area contributed by atoms with Gasteiger partial charge in [0.05, 0.1) is 11.3 Å². The summed E-state index contributed by atoms with van der Waals surface area (Å²) in [4.78, 5) is 0. The quantitative estimate of drug-likeness (QED) is 0.829. The Hall–Kier alpha value is -0.230. The second-order valence-electron chi connectivity index (χ2n) is 4.51. The molecule has 17 heavy (non-hydrogen) atoms. The summed E-state index contributed by atoms with van der Waals surface area (Å²) >= 11 is 7.75. The molecule has 0 amide bonds. The second-order valence-corrected chi connectivity index (χ2v) is 5.74. The van der Waals surface area contributed by atoms with E-state index in [2.05, 4.69) is 10.4 Å². The molecule has 0 aliphatic rings. The number of thioether (sulfide) groups is 1. The van der Waals surface area contributed by atoms with Gasteiger partial charge in [-0.05, 0) is 20.1 Å². The fourth-order valence-corrected chi connectivity index (χ4v) is 2.66. The summed E-state index contributed by atoms with van der Waals surface area (Å²) in [5.41, 5.74) is 1.23. The Morgan fingerprint density at radius 1 is 1.59 bits per heavy atom. The van der Waals surface area contributed by atoms with Gasteiger partial charge in [0, 0.05) is 31.5 Å². The molecule has 0 aliphatic heterocycles. The highest BCUT2D eigenvalue weighted by atomic mass is 35.5. The molecule has 4 nitrogen and oxygen atoms in total. The third-order valence-corrected chi connectivity index (χ3v) is 3.92. The van der Waals surface area contributed by atoms with E-state index in [0.717, 1.165) is 11.3 Å². The van der Waals surface area contributed by atoms with Crippen molar-refractivity contribution in [2.45, 2.75) is 26.0 Å². The normalized spacial score (nSPS) is 14.9. The minimum Gasteiger partial charge on any atom is -0.388 e. The summed E-state index contributed by atoms with van der Waals surface area (Å²) in [5.74, 6) is 0.708. The lowest BCUT2D eigenvalue weighted by atomic mass is 10.1. The number of aliphatic hydroxyl groups is 1. The van der Waals surface area contributed by atoms with E-state index in [1.165, 1.54) is 0 Å². The topological polar surface area (TPSA) is 50.1 Å². The van der Waals surface area contributed by atoms with Crippen LogP contribution in [-0.2, 0) is 13.6 Å². The zero-order valence-corrected chi connectivity index (χ0v) is 12.3. The molecule has 0 aliphatic carbocycles. The highest BCUT2D eigenvalue weighted by Gasteiger charge is 2.19. The average Bonchev–Trinajstić information content (AvgIpc) is 2.44. The molecule has 0 bridgehead atoms. The van der Waals surface area contributed by atoms with E-state index < -0.39 is 5.60 Å². The standard InChI is InChI=1S/C11H20ClN3OS/c1-8-9(10(12)15(3)14-8)5-13-6-11(2,16)7-17-4/h13,16H,5-7H2,1-4H3. The summed E-state index contributed by atoms with van der Waals surface area (Å²) in [5, 5.41) is 18.1. The van der Waals surface area contributed by atoms with E-state index in [4.69, 9.17) is 11.6 Å². The molecule has 0 aromatic carbocycles. The van der Waals surface area contributed by atoms with Crippen LogP contribution in [0, 0.1) is 6.92 Å². The Morgan fingerprint density at radius 2 is 2.24 bits per heavy atom. The van der Waals surface area contributed by atoms with Crippen LogP contribution in [0.25, 0.3) is 0 Å². The predicted octanol–water partition coefficient (Wildman–Crippen LogP) is 1.59. The van der Waals surface area contributed by atoms with Crippen LogP contribution in [0.15, 0.2) is 0 Å². The summed E-state index contributed by atoms with van der Waals surface area (Å²) in [6, 6.07) is 0. The van der Waals surface area contributed by atoms with Gasteiger partial charge in [0.2, 0.25) is 0 Å². The van der Waals surface area contributed by atoms with E-state index in [9.17, 15) is 5.11 Å². The highest BCUT2D eigenvalue weighted by molar-refractivity contribution is 7.98. The van der Waals surface area contributed by atoms with Crippen molar-refractivity contribution in [3.8, 4) is 0 Å². The Morgan fingerprint density at radius 3 is 2.71 bits per heavy atom. The molecule has 0 saturated carbocycles. The van der Waals surface area contributed by atoms with Crippen LogP contribution >= 0.6 is 23.4 Å². The first-order valence-corrected chi connectivity index (χ1v) is 7.24. The number of halogens is 1. The summed E-state index contributed by atoms with van der Waals surface area (Å²) < 4.78 is 1.66. The first kappa shape index (κ1) is 14.8. The van der Waals surface area contributed by atoms with Gasteiger partial charge in [-0.15, -0.1) is 0 Å². The number of aromatic nitrogens is 2.